The Morgan fingerprint density at radius 1 is 1.13 bits per heavy atom. The van der Waals surface area contributed by atoms with Crippen LogP contribution in [0.3, 0.4) is 0 Å². The van der Waals surface area contributed by atoms with Gasteiger partial charge in [0.25, 0.3) is 0 Å². The summed E-state index contributed by atoms with van der Waals surface area (Å²) >= 11 is 0. The summed E-state index contributed by atoms with van der Waals surface area (Å²) in [6, 6.07) is 15.1. The van der Waals surface area contributed by atoms with Crippen LogP contribution in [-0.2, 0) is 24.4 Å². The number of hydrogen-bond acceptors (Lipinski definition) is 3. The predicted molar refractivity (Wildman–Crippen MR) is 90.1 cm³/mol. The summed E-state index contributed by atoms with van der Waals surface area (Å²) in [6.45, 7) is 4.33. The van der Waals surface area contributed by atoms with E-state index in [0.717, 1.165) is 22.4 Å². The molecule has 1 amide bonds. The summed E-state index contributed by atoms with van der Waals surface area (Å²) in [4.78, 5) is 12.1. The quantitative estimate of drug-likeness (QED) is 0.826. The minimum absolute atomic E-state index is 0.0272. The molecule has 2 aromatic carbocycles. The molecule has 0 spiro atoms. The molecular weight excluding hydrogens is 290 g/mol. The van der Waals surface area contributed by atoms with Crippen LogP contribution in [0.1, 0.15) is 30.5 Å². The van der Waals surface area contributed by atoms with Crippen LogP contribution in [0.2, 0.25) is 0 Å². The lowest BCUT2D eigenvalue weighted by Gasteiger charge is -2.11. The minimum Gasteiger partial charge on any atom is -0.491 e. The Hall–Kier alpha value is -2.33. The molecule has 4 nitrogen and oxygen atoms in total. The number of aliphatic hydroxyl groups is 1. The normalized spacial score (nSPS) is 10.6. The number of ether oxygens (including phenoxy) is 1. The van der Waals surface area contributed by atoms with Gasteiger partial charge in [-0.1, -0.05) is 36.4 Å². The van der Waals surface area contributed by atoms with Crippen molar-refractivity contribution in [2.24, 2.45) is 0 Å². The van der Waals surface area contributed by atoms with E-state index in [1.54, 1.807) is 0 Å². The van der Waals surface area contributed by atoms with Crippen molar-refractivity contribution in [3.63, 3.8) is 0 Å². The Morgan fingerprint density at radius 3 is 2.57 bits per heavy atom. The van der Waals surface area contributed by atoms with Crippen LogP contribution in [0.5, 0.6) is 5.75 Å². The fraction of sp³-hybridized carbons (Fsp3) is 0.316. The Balaban J connectivity index is 1.92. The van der Waals surface area contributed by atoms with Gasteiger partial charge in [0.15, 0.2) is 0 Å². The summed E-state index contributed by atoms with van der Waals surface area (Å²) < 4.78 is 5.64. The third-order valence-corrected chi connectivity index (χ3v) is 3.40. The number of carbonyl (C=O) groups excluding carboxylic acids is 1. The number of amides is 1. The van der Waals surface area contributed by atoms with Crippen molar-refractivity contribution in [3.05, 3.63) is 65.2 Å². The highest BCUT2D eigenvalue weighted by atomic mass is 16.5. The van der Waals surface area contributed by atoms with Crippen molar-refractivity contribution in [2.75, 3.05) is 0 Å². The largest absolute Gasteiger partial charge is 0.491 e. The van der Waals surface area contributed by atoms with Gasteiger partial charge >= 0.3 is 0 Å². The molecule has 0 bridgehead atoms. The Kier molecular flexibility index (Phi) is 6.18. The van der Waals surface area contributed by atoms with Crippen molar-refractivity contribution in [3.8, 4) is 5.75 Å². The summed E-state index contributed by atoms with van der Waals surface area (Å²) in [7, 11) is 0. The van der Waals surface area contributed by atoms with Crippen molar-refractivity contribution in [2.45, 2.75) is 39.5 Å². The maximum atomic E-state index is 12.1. The Morgan fingerprint density at radius 2 is 1.87 bits per heavy atom. The van der Waals surface area contributed by atoms with E-state index in [0.29, 0.717) is 13.0 Å². The molecule has 0 fully saturated rings. The third kappa shape index (κ3) is 5.42. The zero-order valence-electron chi connectivity index (χ0n) is 13.6. The zero-order valence-corrected chi connectivity index (χ0v) is 13.6. The predicted octanol–water partition coefficient (Wildman–Crippen LogP) is 2.83. The standard InChI is InChI=1S/C19H23NO3/c1-14(2)23-18-9-5-6-15(10-18)11-19(22)20-12-16-7-3-4-8-17(16)13-21/h3-10,14,21H,11-13H2,1-2H3,(H,20,22). The fourth-order valence-electron chi connectivity index (χ4n) is 2.33. The molecular formula is C19H23NO3. The van der Waals surface area contributed by atoms with Gasteiger partial charge in [-0.2, -0.15) is 0 Å². The van der Waals surface area contributed by atoms with Crippen LogP contribution in [-0.4, -0.2) is 17.1 Å². The average molecular weight is 313 g/mol. The lowest BCUT2D eigenvalue weighted by Crippen LogP contribution is -2.25. The molecule has 0 radical (unpaired) electrons. The first-order valence-electron chi connectivity index (χ1n) is 7.78. The molecule has 0 heterocycles. The Labute approximate surface area is 137 Å². The third-order valence-electron chi connectivity index (χ3n) is 3.40. The molecule has 23 heavy (non-hydrogen) atoms. The van der Waals surface area contributed by atoms with Gasteiger partial charge in [-0.3, -0.25) is 4.79 Å². The fourth-order valence-corrected chi connectivity index (χ4v) is 2.33. The molecule has 2 aromatic rings. The highest BCUT2D eigenvalue weighted by molar-refractivity contribution is 5.78. The zero-order chi connectivity index (χ0) is 16.7. The maximum absolute atomic E-state index is 12.1. The van der Waals surface area contributed by atoms with E-state index in [-0.39, 0.29) is 18.6 Å². The molecule has 0 saturated carbocycles. The van der Waals surface area contributed by atoms with Gasteiger partial charge in [-0.05, 0) is 42.7 Å². The van der Waals surface area contributed by atoms with Crippen LogP contribution in [0.15, 0.2) is 48.5 Å². The first kappa shape index (κ1) is 17.0. The van der Waals surface area contributed by atoms with Crippen molar-refractivity contribution < 1.29 is 14.6 Å². The molecule has 0 saturated heterocycles. The van der Waals surface area contributed by atoms with Gasteiger partial charge in [0.1, 0.15) is 5.75 Å². The van der Waals surface area contributed by atoms with Crippen LogP contribution in [0.4, 0.5) is 0 Å². The Bertz CT molecular complexity index is 653. The molecule has 0 aliphatic rings. The van der Waals surface area contributed by atoms with E-state index in [2.05, 4.69) is 5.32 Å². The van der Waals surface area contributed by atoms with Gasteiger partial charge in [0.2, 0.25) is 5.91 Å². The smallest absolute Gasteiger partial charge is 0.224 e. The number of aliphatic hydroxyl groups excluding tert-OH is 1. The van der Waals surface area contributed by atoms with E-state index in [1.165, 1.54) is 0 Å². The van der Waals surface area contributed by atoms with Crippen LogP contribution >= 0.6 is 0 Å². The second kappa shape index (κ2) is 8.34. The summed E-state index contributed by atoms with van der Waals surface area (Å²) in [5.74, 6) is 0.718. The molecule has 0 atom stereocenters. The molecule has 0 aliphatic carbocycles. The van der Waals surface area contributed by atoms with Crippen LogP contribution < -0.4 is 10.1 Å². The maximum Gasteiger partial charge on any atom is 0.224 e. The van der Waals surface area contributed by atoms with Gasteiger partial charge in [0, 0.05) is 6.54 Å². The van der Waals surface area contributed by atoms with Gasteiger partial charge in [-0.15, -0.1) is 0 Å². The van der Waals surface area contributed by atoms with E-state index in [1.807, 2.05) is 62.4 Å². The minimum atomic E-state index is -0.0561. The number of nitrogens with one attached hydrogen (secondary N) is 1. The number of carbonyl (C=O) groups is 1. The topological polar surface area (TPSA) is 58.6 Å². The van der Waals surface area contributed by atoms with E-state index in [4.69, 9.17) is 4.74 Å². The van der Waals surface area contributed by atoms with Crippen molar-refractivity contribution >= 4 is 5.91 Å². The van der Waals surface area contributed by atoms with Gasteiger partial charge in [0.05, 0.1) is 19.1 Å². The van der Waals surface area contributed by atoms with E-state index >= 15 is 0 Å². The summed E-state index contributed by atoms with van der Waals surface area (Å²) in [6.07, 6.45) is 0.408. The van der Waals surface area contributed by atoms with Crippen molar-refractivity contribution in [1.29, 1.82) is 0 Å². The molecule has 0 aliphatic heterocycles. The molecule has 2 rings (SSSR count). The average Bonchev–Trinajstić information content (AvgIpc) is 2.53. The second-order valence-electron chi connectivity index (χ2n) is 5.69. The van der Waals surface area contributed by atoms with E-state index in [9.17, 15) is 9.90 Å². The van der Waals surface area contributed by atoms with Gasteiger partial charge in [-0.25, -0.2) is 0 Å². The highest BCUT2D eigenvalue weighted by Crippen LogP contribution is 2.15. The number of benzene rings is 2. The number of rotatable bonds is 7. The molecule has 122 valence electrons. The highest BCUT2D eigenvalue weighted by Gasteiger charge is 2.07. The van der Waals surface area contributed by atoms with Crippen LogP contribution in [0.25, 0.3) is 0 Å². The first-order chi connectivity index (χ1) is 11.1. The van der Waals surface area contributed by atoms with Crippen LogP contribution in [0, 0.1) is 0 Å². The van der Waals surface area contributed by atoms with Gasteiger partial charge < -0.3 is 15.2 Å². The van der Waals surface area contributed by atoms with E-state index < -0.39 is 0 Å². The summed E-state index contributed by atoms with van der Waals surface area (Å²) in [5.41, 5.74) is 2.68. The summed E-state index contributed by atoms with van der Waals surface area (Å²) in [5, 5.41) is 12.2. The number of hydrogen-bond donors (Lipinski definition) is 2. The monoisotopic (exact) mass is 313 g/mol. The molecule has 0 unspecified atom stereocenters. The molecule has 2 N–H and O–H groups in total. The van der Waals surface area contributed by atoms with Crippen molar-refractivity contribution in [1.82, 2.24) is 5.32 Å². The first-order valence-corrected chi connectivity index (χ1v) is 7.78. The lowest BCUT2D eigenvalue weighted by molar-refractivity contribution is -0.120. The lowest BCUT2D eigenvalue weighted by atomic mass is 10.1. The molecule has 4 heteroatoms. The second-order valence-corrected chi connectivity index (χ2v) is 5.69. The molecule has 0 aromatic heterocycles. The SMILES string of the molecule is CC(C)Oc1cccc(CC(=O)NCc2ccccc2CO)c1.